The molecule has 0 saturated carbocycles. The number of carbonyl (C=O) groups excluding carboxylic acids is 3. The number of benzene rings is 1. The number of aliphatic hydroxyl groups is 1. The maximum absolute atomic E-state index is 14.6. The summed E-state index contributed by atoms with van der Waals surface area (Å²) in [7, 11) is 0. The zero-order valence-corrected chi connectivity index (χ0v) is 24.1. The van der Waals surface area contributed by atoms with Crippen LogP contribution >= 0.6 is 11.8 Å². The van der Waals surface area contributed by atoms with Crippen LogP contribution in [0.2, 0.25) is 0 Å². The van der Waals surface area contributed by atoms with Crippen LogP contribution in [0.1, 0.15) is 45.6 Å². The summed E-state index contributed by atoms with van der Waals surface area (Å²) < 4.78 is 4.84. The zero-order chi connectivity index (χ0) is 28.3. The summed E-state index contributed by atoms with van der Waals surface area (Å²) in [5.41, 5.74) is 0.985. The van der Waals surface area contributed by atoms with Gasteiger partial charge >= 0.3 is 5.97 Å². The van der Waals surface area contributed by atoms with E-state index in [9.17, 15) is 19.5 Å². The number of thioether (sulfide) groups is 1. The molecule has 8 atom stereocenters. The van der Waals surface area contributed by atoms with Gasteiger partial charge in [0, 0.05) is 18.3 Å². The van der Waals surface area contributed by atoms with Crippen molar-refractivity contribution in [1.29, 1.82) is 0 Å². The van der Waals surface area contributed by atoms with Crippen LogP contribution < -0.4 is 0 Å². The normalized spacial score (nSPS) is 30.5. The van der Waals surface area contributed by atoms with Gasteiger partial charge in [0.15, 0.2) is 0 Å². The Bertz CT molecular complexity index is 1080. The number of nitrogens with zero attached hydrogens (tertiary/aromatic N) is 2. The third-order valence-electron chi connectivity index (χ3n) is 8.98. The van der Waals surface area contributed by atoms with Crippen molar-refractivity contribution >= 4 is 29.5 Å². The molecule has 2 amide bonds. The van der Waals surface area contributed by atoms with Crippen molar-refractivity contribution in [2.75, 3.05) is 19.8 Å². The van der Waals surface area contributed by atoms with Crippen LogP contribution in [-0.4, -0.2) is 74.5 Å². The summed E-state index contributed by atoms with van der Waals surface area (Å²) in [6.45, 7) is 14.4. The Labute approximate surface area is 236 Å². The molecule has 0 aliphatic carbocycles. The molecule has 1 N–H and O–H groups in total. The van der Waals surface area contributed by atoms with E-state index in [1.165, 1.54) is 0 Å². The minimum absolute atomic E-state index is 0.0260. The Morgan fingerprint density at radius 2 is 2.00 bits per heavy atom. The molecule has 3 aliphatic rings. The summed E-state index contributed by atoms with van der Waals surface area (Å²) in [4.78, 5) is 45.9. The van der Waals surface area contributed by atoms with Crippen molar-refractivity contribution < 1.29 is 24.2 Å². The average molecular weight is 555 g/mol. The zero-order valence-electron chi connectivity index (χ0n) is 23.3. The van der Waals surface area contributed by atoms with Crippen LogP contribution in [0.5, 0.6) is 0 Å². The third kappa shape index (κ3) is 5.06. The average Bonchev–Trinajstić information content (AvgIpc) is 3.53. The monoisotopic (exact) mass is 554 g/mol. The molecule has 0 radical (unpaired) electrons. The lowest BCUT2D eigenvalue weighted by Gasteiger charge is -2.43. The van der Waals surface area contributed by atoms with E-state index in [1.54, 1.807) is 33.7 Å². The number of ether oxygens (including phenoxy) is 1. The number of fused-ring (bicyclic) bond motifs is 1. The second-order valence-electron chi connectivity index (χ2n) is 11.2. The number of aliphatic hydroxyl groups excluding tert-OH is 1. The van der Waals surface area contributed by atoms with Gasteiger partial charge in [-0.2, -0.15) is 0 Å². The van der Waals surface area contributed by atoms with Gasteiger partial charge in [-0.1, -0.05) is 69.7 Å². The first-order chi connectivity index (χ1) is 18.8. The Hall–Kier alpha value is -2.58. The van der Waals surface area contributed by atoms with E-state index in [0.29, 0.717) is 19.5 Å². The minimum Gasteiger partial charge on any atom is -0.465 e. The summed E-state index contributed by atoms with van der Waals surface area (Å²) in [6.07, 6.45) is 5.42. The smallest absolute Gasteiger partial charge is 0.310 e. The molecule has 212 valence electrons. The van der Waals surface area contributed by atoms with Crippen molar-refractivity contribution in [3.05, 3.63) is 61.2 Å². The topological polar surface area (TPSA) is 87.2 Å². The second-order valence-corrected chi connectivity index (χ2v) is 12.7. The highest BCUT2D eigenvalue weighted by Crippen LogP contribution is 2.69. The first-order valence-electron chi connectivity index (χ1n) is 14.1. The van der Waals surface area contributed by atoms with E-state index in [-0.39, 0.29) is 48.1 Å². The van der Waals surface area contributed by atoms with Crippen LogP contribution in [0.4, 0.5) is 0 Å². The molecule has 3 unspecified atom stereocenters. The number of amides is 2. The highest BCUT2D eigenvalue weighted by molar-refractivity contribution is 8.02. The van der Waals surface area contributed by atoms with Gasteiger partial charge in [-0.25, -0.2) is 0 Å². The molecule has 39 heavy (non-hydrogen) atoms. The number of carbonyl (C=O) groups is 3. The predicted octanol–water partition coefficient (Wildman–Crippen LogP) is 4.06. The van der Waals surface area contributed by atoms with Gasteiger partial charge in [-0.3, -0.25) is 14.4 Å². The van der Waals surface area contributed by atoms with Crippen molar-refractivity contribution in [2.45, 2.75) is 68.7 Å². The fraction of sp³-hybridized carbons (Fsp3) is 0.581. The Balaban J connectivity index is 1.79. The Morgan fingerprint density at radius 3 is 2.62 bits per heavy atom. The summed E-state index contributed by atoms with van der Waals surface area (Å²) in [5, 5.41) is 10.5. The highest BCUT2D eigenvalue weighted by Gasteiger charge is 2.77. The lowest BCUT2D eigenvalue weighted by molar-refractivity contribution is -0.155. The largest absolute Gasteiger partial charge is 0.465 e. The molecular weight excluding hydrogens is 512 g/mol. The van der Waals surface area contributed by atoms with Crippen molar-refractivity contribution in [3.8, 4) is 0 Å². The predicted molar refractivity (Wildman–Crippen MR) is 154 cm³/mol. The molecule has 1 spiro atoms. The van der Waals surface area contributed by atoms with Crippen LogP contribution in [0.25, 0.3) is 0 Å². The van der Waals surface area contributed by atoms with E-state index < -0.39 is 28.7 Å². The van der Waals surface area contributed by atoms with Crippen LogP contribution in [0, 0.1) is 23.7 Å². The lowest BCUT2D eigenvalue weighted by atomic mass is 9.66. The van der Waals surface area contributed by atoms with E-state index in [4.69, 9.17) is 4.74 Å². The quantitative estimate of drug-likeness (QED) is 0.225. The number of likely N-dealkylation sites (tertiary alicyclic amines) is 1. The molecule has 4 rings (SSSR count). The Morgan fingerprint density at radius 1 is 1.28 bits per heavy atom. The second kappa shape index (κ2) is 12.3. The van der Waals surface area contributed by atoms with Gasteiger partial charge in [0.05, 0.1) is 35.8 Å². The fourth-order valence-electron chi connectivity index (χ4n) is 6.88. The number of rotatable bonds is 13. The molecule has 3 heterocycles. The molecule has 3 fully saturated rings. The van der Waals surface area contributed by atoms with Crippen molar-refractivity contribution in [3.63, 3.8) is 0 Å². The van der Waals surface area contributed by atoms with E-state index >= 15 is 0 Å². The fourth-order valence-corrected chi connectivity index (χ4v) is 9.27. The number of hydrogen-bond acceptors (Lipinski definition) is 6. The van der Waals surface area contributed by atoms with Crippen LogP contribution in [-0.2, 0) is 25.7 Å². The standard InChI is InChI=1S/C31H42N2O5S/c1-6-9-16-38-30(37)25-24-17-21(5)31(39-24)26(25)28(35)33(23(19-34)20(4)8-3)27(31)29(36)32(15-7-2)18-22-13-11-10-12-14-22/h6-7,10-14,20-21,23-27,34H,1-2,8-9,15-19H2,3-5H3/t20-,21?,23-,24-,25+,26-,27?,31?/m0/s1. The summed E-state index contributed by atoms with van der Waals surface area (Å²) >= 11 is 1.63. The SMILES string of the molecule is C=CCCOC(=O)[C@@H]1[C@@H]2CC(C)C3(S2)C(C(=O)N(CC=C)Cc2ccccc2)N([C@@H](CO)[C@@H](C)CC)C(=O)[C@H]13. The van der Waals surface area contributed by atoms with E-state index in [2.05, 4.69) is 20.1 Å². The van der Waals surface area contributed by atoms with Gasteiger partial charge in [-0.05, 0) is 30.2 Å². The molecule has 8 heteroatoms. The van der Waals surface area contributed by atoms with Gasteiger partial charge < -0.3 is 19.6 Å². The maximum atomic E-state index is 14.6. The first kappa shape index (κ1) is 29.4. The lowest BCUT2D eigenvalue weighted by Crippen LogP contribution is -2.60. The first-order valence-corrected chi connectivity index (χ1v) is 15.0. The third-order valence-corrected chi connectivity index (χ3v) is 11.1. The molecule has 7 nitrogen and oxygen atoms in total. The molecule has 3 aliphatic heterocycles. The van der Waals surface area contributed by atoms with E-state index in [0.717, 1.165) is 18.4 Å². The minimum atomic E-state index is -0.791. The molecule has 0 aromatic heterocycles. The van der Waals surface area contributed by atoms with E-state index in [1.807, 2.05) is 44.2 Å². The molecular formula is C31H42N2O5S. The van der Waals surface area contributed by atoms with Crippen LogP contribution in [0.3, 0.4) is 0 Å². The van der Waals surface area contributed by atoms with Gasteiger partial charge in [0.25, 0.3) is 0 Å². The summed E-state index contributed by atoms with van der Waals surface area (Å²) in [5.74, 6) is -2.00. The summed E-state index contributed by atoms with van der Waals surface area (Å²) in [6, 6.07) is 8.46. The molecule has 2 bridgehead atoms. The van der Waals surface area contributed by atoms with Crippen LogP contribution in [0.15, 0.2) is 55.6 Å². The maximum Gasteiger partial charge on any atom is 0.310 e. The van der Waals surface area contributed by atoms with Gasteiger partial charge in [0.1, 0.15) is 6.04 Å². The molecule has 3 saturated heterocycles. The Kier molecular flexibility index (Phi) is 9.27. The van der Waals surface area contributed by atoms with Crippen molar-refractivity contribution in [2.24, 2.45) is 23.7 Å². The molecule has 1 aromatic rings. The number of hydrogen-bond donors (Lipinski definition) is 1. The van der Waals surface area contributed by atoms with Crippen molar-refractivity contribution in [1.82, 2.24) is 9.80 Å². The molecule has 1 aromatic carbocycles. The number of esters is 1. The van der Waals surface area contributed by atoms with Gasteiger partial charge in [-0.15, -0.1) is 24.9 Å². The highest BCUT2D eigenvalue weighted by atomic mass is 32.2. The van der Waals surface area contributed by atoms with Gasteiger partial charge in [0.2, 0.25) is 11.8 Å².